The van der Waals surface area contributed by atoms with Gasteiger partial charge in [0.05, 0.1) is 0 Å². The fraction of sp³-hybridized carbons (Fsp3) is 0.500. The average Bonchev–Trinajstić information content (AvgIpc) is 2.30. The van der Waals surface area contributed by atoms with E-state index in [2.05, 4.69) is 37.4 Å². The lowest BCUT2D eigenvalue weighted by atomic mass is 10.0. The van der Waals surface area contributed by atoms with Crippen molar-refractivity contribution in [2.45, 2.75) is 39.2 Å². The van der Waals surface area contributed by atoms with Gasteiger partial charge in [-0.3, -0.25) is 4.79 Å². The molecule has 1 rings (SSSR count). The van der Waals surface area contributed by atoms with Crippen molar-refractivity contribution in [3.63, 3.8) is 0 Å². The fourth-order valence-electron chi connectivity index (χ4n) is 1.68. The van der Waals surface area contributed by atoms with Crippen molar-refractivity contribution in [1.29, 1.82) is 0 Å². The Bertz CT molecular complexity index is 416. The second-order valence-corrected chi connectivity index (χ2v) is 4.89. The molecule has 0 fully saturated rings. The first-order chi connectivity index (χ1) is 8.41. The van der Waals surface area contributed by atoms with Gasteiger partial charge in [0.15, 0.2) is 0 Å². The molecule has 1 aromatic carbocycles. The van der Waals surface area contributed by atoms with Gasteiger partial charge in [-0.1, -0.05) is 26.0 Å². The largest absolute Gasteiger partial charge is 0.480 e. The van der Waals surface area contributed by atoms with E-state index in [1.165, 1.54) is 5.56 Å². The Kier molecular flexibility index (Phi) is 5.16. The maximum Gasteiger partial charge on any atom is 0.320 e. The Morgan fingerprint density at radius 2 is 2.11 bits per heavy atom. The zero-order valence-corrected chi connectivity index (χ0v) is 11.2. The molecule has 0 aliphatic carbocycles. The quantitative estimate of drug-likeness (QED) is 0.724. The Hall–Kier alpha value is -1.55. The van der Waals surface area contributed by atoms with Crippen molar-refractivity contribution in [3.8, 4) is 0 Å². The monoisotopic (exact) mass is 250 g/mol. The van der Waals surface area contributed by atoms with E-state index in [1.807, 2.05) is 6.92 Å². The molecule has 18 heavy (non-hydrogen) atoms. The molecule has 4 heteroatoms. The minimum atomic E-state index is -0.954. The summed E-state index contributed by atoms with van der Waals surface area (Å²) in [6.07, 6.45) is 0.417. The van der Waals surface area contributed by atoms with Crippen LogP contribution in [0, 0.1) is 6.92 Å². The first kappa shape index (κ1) is 14.5. The van der Waals surface area contributed by atoms with Crippen LogP contribution in [0.25, 0.3) is 0 Å². The number of hydrogen-bond acceptors (Lipinski definition) is 3. The lowest BCUT2D eigenvalue weighted by molar-refractivity contribution is -0.138. The van der Waals surface area contributed by atoms with Crippen molar-refractivity contribution in [2.24, 2.45) is 5.73 Å². The van der Waals surface area contributed by atoms with E-state index in [9.17, 15) is 4.79 Å². The number of carbonyl (C=O) groups is 1. The van der Waals surface area contributed by atoms with Crippen molar-refractivity contribution >= 4 is 11.7 Å². The number of rotatable bonds is 6. The van der Waals surface area contributed by atoms with Gasteiger partial charge in [-0.2, -0.15) is 0 Å². The first-order valence-electron chi connectivity index (χ1n) is 6.24. The normalized spacial score (nSPS) is 12.5. The number of nitrogens with two attached hydrogens (primary N) is 1. The molecule has 1 atom stereocenters. The van der Waals surface area contributed by atoms with Gasteiger partial charge in [-0.15, -0.1) is 0 Å². The minimum absolute atomic E-state index is 0.417. The minimum Gasteiger partial charge on any atom is -0.480 e. The van der Waals surface area contributed by atoms with Gasteiger partial charge >= 0.3 is 5.97 Å². The molecule has 0 saturated carbocycles. The van der Waals surface area contributed by atoms with Crippen molar-refractivity contribution < 1.29 is 9.90 Å². The highest BCUT2D eigenvalue weighted by Gasteiger charge is 2.10. The summed E-state index contributed by atoms with van der Waals surface area (Å²) in [5.74, 6) is -0.475. The lowest BCUT2D eigenvalue weighted by Crippen LogP contribution is -2.32. The van der Waals surface area contributed by atoms with Gasteiger partial charge in [0.25, 0.3) is 0 Å². The summed E-state index contributed by atoms with van der Waals surface area (Å²) in [4.78, 5) is 10.6. The van der Waals surface area contributed by atoms with Gasteiger partial charge in [0.1, 0.15) is 6.04 Å². The highest BCUT2D eigenvalue weighted by molar-refractivity contribution is 5.73. The van der Waals surface area contributed by atoms with Crippen LogP contribution < -0.4 is 11.1 Å². The SMILES string of the molecule is Cc1ccc(C(C)C)cc1NCCC(N)C(=O)O. The maximum atomic E-state index is 10.6. The molecule has 100 valence electrons. The number of aryl methyl sites for hydroxylation is 1. The Labute approximate surface area is 108 Å². The third-order valence-electron chi connectivity index (χ3n) is 3.02. The number of aliphatic carboxylic acids is 1. The van der Waals surface area contributed by atoms with Gasteiger partial charge in [-0.25, -0.2) is 0 Å². The molecule has 0 aliphatic rings. The zero-order chi connectivity index (χ0) is 13.7. The Morgan fingerprint density at radius 3 is 2.67 bits per heavy atom. The van der Waals surface area contributed by atoms with Crippen LogP contribution in [-0.4, -0.2) is 23.7 Å². The number of nitrogens with one attached hydrogen (secondary N) is 1. The molecule has 4 N–H and O–H groups in total. The van der Waals surface area contributed by atoms with Gasteiger partial charge in [0, 0.05) is 12.2 Å². The smallest absolute Gasteiger partial charge is 0.320 e. The van der Waals surface area contributed by atoms with E-state index < -0.39 is 12.0 Å². The predicted molar refractivity (Wildman–Crippen MR) is 74.0 cm³/mol. The van der Waals surface area contributed by atoms with Crippen LogP contribution in [0.15, 0.2) is 18.2 Å². The molecular weight excluding hydrogens is 228 g/mol. The van der Waals surface area contributed by atoms with E-state index in [0.717, 1.165) is 11.3 Å². The van der Waals surface area contributed by atoms with Crippen LogP contribution in [0.1, 0.15) is 37.3 Å². The van der Waals surface area contributed by atoms with Crippen LogP contribution in [-0.2, 0) is 4.79 Å². The molecule has 0 spiro atoms. The van der Waals surface area contributed by atoms with Crippen LogP contribution in [0.5, 0.6) is 0 Å². The highest BCUT2D eigenvalue weighted by atomic mass is 16.4. The van der Waals surface area contributed by atoms with Crippen molar-refractivity contribution in [3.05, 3.63) is 29.3 Å². The molecule has 0 radical (unpaired) electrons. The summed E-state index contributed by atoms with van der Waals surface area (Å²) in [6, 6.07) is 5.51. The molecule has 0 aromatic heterocycles. The van der Waals surface area contributed by atoms with E-state index >= 15 is 0 Å². The fourth-order valence-corrected chi connectivity index (χ4v) is 1.68. The highest BCUT2D eigenvalue weighted by Crippen LogP contribution is 2.22. The van der Waals surface area contributed by atoms with Crippen molar-refractivity contribution in [2.75, 3.05) is 11.9 Å². The molecule has 1 aromatic rings. The van der Waals surface area contributed by atoms with E-state index in [1.54, 1.807) is 0 Å². The molecule has 0 bridgehead atoms. The third-order valence-corrected chi connectivity index (χ3v) is 3.02. The van der Waals surface area contributed by atoms with Crippen LogP contribution in [0.2, 0.25) is 0 Å². The number of carboxylic acid groups (broad SMARTS) is 1. The van der Waals surface area contributed by atoms with E-state index in [0.29, 0.717) is 18.9 Å². The molecule has 4 nitrogen and oxygen atoms in total. The average molecular weight is 250 g/mol. The summed E-state index contributed by atoms with van der Waals surface area (Å²) in [7, 11) is 0. The summed E-state index contributed by atoms with van der Waals surface area (Å²) >= 11 is 0. The topological polar surface area (TPSA) is 75.3 Å². The number of hydrogen-bond donors (Lipinski definition) is 3. The third kappa shape index (κ3) is 4.04. The summed E-state index contributed by atoms with van der Waals surface area (Å²) in [5.41, 5.74) is 8.94. The molecule has 0 aliphatic heterocycles. The van der Waals surface area contributed by atoms with Gasteiger partial charge in [-0.05, 0) is 36.5 Å². The standard InChI is InChI=1S/C14H22N2O2/c1-9(2)11-5-4-10(3)13(8-11)16-7-6-12(15)14(17)18/h4-5,8-9,12,16H,6-7,15H2,1-3H3,(H,17,18). The molecule has 0 amide bonds. The Morgan fingerprint density at radius 1 is 1.44 bits per heavy atom. The number of anilines is 1. The summed E-state index contributed by atoms with van der Waals surface area (Å²) in [5, 5.41) is 11.9. The van der Waals surface area contributed by atoms with Crippen LogP contribution in [0.3, 0.4) is 0 Å². The Balaban J connectivity index is 2.61. The number of carboxylic acids is 1. The van der Waals surface area contributed by atoms with Crippen molar-refractivity contribution in [1.82, 2.24) is 0 Å². The summed E-state index contributed by atoms with van der Waals surface area (Å²) in [6.45, 7) is 6.89. The first-order valence-corrected chi connectivity index (χ1v) is 6.24. The van der Waals surface area contributed by atoms with Gasteiger partial charge in [0.2, 0.25) is 0 Å². The zero-order valence-electron chi connectivity index (χ0n) is 11.2. The van der Waals surface area contributed by atoms with E-state index in [4.69, 9.17) is 10.8 Å². The maximum absolute atomic E-state index is 10.6. The number of benzene rings is 1. The molecular formula is C14H22N2O2. The lowest BCUT2D eigenvalue weighted by Gasteiger charge is -2.14. The predicted octanol–water partition coefficient (Wildman–Crippen LogP) is 2.33. The van der Waals surface area contributed by atoms with Crippen LogP contribution in [0.4, 0.5) is 5.69 Å². The van der Waals surface area contributed by atoms with Gasteiger partial charge < -0.3 is 16.2 Å². The van der Waals surface area contributed by atoms with Crippen LogP contribution >= 0.6 is 0 Å². The molecule has 0 saturated heterocycles. The molecule has 0 heterocycles. The van der Waals surface area contributed by atoms with E-state index in [-0.39, 0.29) is 0 Å². The summed E-state index contributed by atoms with van der Waals surface area (Å²) < 4.78 is 0. The molecule has 1 unspecified atom stereocenters. The second kappa shape index (κ2) is 6.40. The second-order valence-electron chi connectivity index (χ2n) is 4.89.